The number of amides is 2. The molecular weight excluding hydrogens is 354 g/mol. The Morgan fingerprint density at radius 2 is 1.96 bits per heavy atom. The lowest BCUT2D eigenvalue weighted by atomic mass is 10.2. The SMILES string of the molecule is CC(=O)N(C)c1cnn(C(=O)N2CCN(Cc3cccc(Cl)c3)CC2)c1. The van der Waals surface area contributed by atoms with E-state index in [0.29, 0.717) is 18.8 Å². The Hall–Kier alpha value is -2.38. The van der Waals surface area contributed by atoms with Gasteiger partial charge in [-0.1, -0.05) is 23.7 Å². The lowest BCUT2D eigenvalue weighted by Crippen LogP contribution is -2.49. The maximum absolute atomic E-state index is 12.6. The molecule has 2 amide bonds. The minimum absolute atomic E-state index is 0.105. The van der Waals surface area contributed by atoms with Crippen molar-refractivity contribution in [3.05, 3.63) is 47.2 Å². The molecule has 1 aromatic carbocycles. The molecule has 1 aliphatic heterocycles. The molecule has 0 bridgehead atoms. The van der Waals surface area contributed by atoms with Gasteiger partial charge in [-0.25, -0.2) is 4.79 Å². The highest BCUT2D eigenvalue weighted by Gasteiger charge is 2.23. The van der Waals surface area contributed by atoms with Crippen LogP contribution in [-0.2, 0) is 11.3 Å². The Morgan fingerprint density at radius 3 is 2.62 bits per heavy atom. The molecule has 2 aromatic rings. The molecule has 0 N–H and O–H groups in total. The number of aromatic nitrogens is 2. The molecule has 0 saturated carbocycles. The third kappa shape index (κ3) is 4.23. The highest BCUT2D eigenvalue weighted by molar-refractivity contribution is 6.30. The van der Waals surface area contributed by atoms with Gasteiger partial charge in [0.15, 0.2) is 0 Å². The van der Waals surface area contributed by atoms with Crippen LogP contribution in [0.15, 0.2) is 36.7 Å². The van der Waals surface area contributed by atoms with Crippen molar-refractivity contribution in [1.29, 1.82) is 0 Å². The van der Waals surface area contributed by atoms with E-state index in [2.05, 4.69) is 16.1 Å². The summed E-state index contributed by atoms with van der Waals surface area (Å²) in [7, 11) is 1.66. The largest absolute Gasteiger partial charge is 0.344 e. The van der Waals surface area contributed by atoms with Crippen molar-refractivity contribution < 1.29 is 9.59 Å². The smallest absolute Gasteiger partial charge is 0.320 e. The van der Waals surface area contributed by atoms with E-state index in [1.54, 1.807) is 18.1 Å². The van der Waals surface area contributed by atoms with Crippen LogP contribution in [0.25, 0.3) is 0 Å². The summed E-state index contributed by atoms with van der Waals surface area (Å²) in [5, 5.41) is 4.83. The van der Waals surface area contributed by atoms with Gasteiger partial charge >= 0.3 is 6.03 Å². The molecule has 0 aliphatic carbocycles. The van der Waals surface area contributed by atoms with Gasteiger partial charge in [-0.2, -0.15) is 9.78 Å². The van der Waals surface area contributed by atoms with E-state index in [9.17, 15) is 9.59 Å². The van der Waals surface area contributed by atoms with Crippen molar-refractivity contribution in [2.75, 3.05) is 38.1 Å². The molecule has 8 heteroatoms. The van der Waals surface area contributed by atoms with E-state index < -0.39 is 0 Å². The number of hydrogen-bond donors (Lipinski definition) is 0. The third-order valence-electron chi connectivity index (χ3n) is 4.56. The number of anilines is 1. The fourth-order valence-electron chi connectivity index (χ4n) is 2.91. The highest BCUT2D eigenvalue weighted by atomic mass is 35.5. The summed E-state index contributed by atoms with van der Waals surface area (Å²) in [6.07, 6.45) is 3.11. The molecule has 7 nitrogen and oxygen atoms in total. The summed E-state index contributed by atoms with van der Waals surface area (Å²) < 4.78 is 1.29. The lowest BCUT2D eigenvalue weighted by Gasteiger charge is -2.34. The molecule has 3 rings (SSSR count). The van der Waals surface area contributed by atoms with Crippen LogP contribution in [0.3, 0.4) is 0 Å². The van der Waals surface area contributed by atoms with E-state index in [1.165, 1.54) is 28.3 Å². The molecule has 2 heterocycles. The number of benzene rings is 1. The first-order chi connectivity index (χ1) is 12.4. The number of carbonyl (C=O) groups is 2. The normalized spacial score (nSPS) is 15.1. The average Bonchev–Trinajstić information content (AvgIpc) is 3.11. The van der Waals surface area contributed by atoms with Crippen LogP contribution in [-0.4, -0.2) is 64.7 Å². The van der Waals surface area contributed by atoms with Crippen molar-refractivity contribution in [3.63, 3.8) is 0 Å². The van der Waals surface area contributed by atoms with E-state index in [4.69, 9.17) is 11.6 Å². The molecule has 26 heavy (non-hydrogen) atoms. The summed E-state index contributed by atoms with van der Waals surface area (Å²) >= 11 is 6.03. The van der Waals surface area contributed by atoms with Gasteiger partial charge in [-0.15, -0.1) is 0 Å². The quantitative estimate of drug-likeness (QED) is 0.825. The summed E-state index contributed by atoms with van der Waals surface area (Å²) in [6.45, 7) is 5.14. The van der Waals surface area contributed by atoms with Gasteiger partial charge in [0.05, 0.1) is 18.1 Å². The van der Waals surface area contributed by atoms with Crippen LogP contribution in [0, 0.1) is 0 Å². The zero-order chi connectivity index (χ0) is 18.7. The van der Waals surface area contributed by atoms with Crippen molar-refractivity contribution in [2.24, 2.45) is 0 Å². The minimum atomic E-state index is -0.171. The first-order valence-electron chi connectivity index (χ1n) is 8.49. The molecule has 0 spiro atoms. The van der Waals surface area contributed by atoms with Gasteiger partial charge in [-0.3, -0.25) is 9.69 Å². The van der Waals surface area contributed by atoms with Crippen LogP contribution in [0.2, 0.25) is 5.02 Å². The predicted octanol–water partition coefficient (Wildman–Crippen LogP) is 2.31. The fraction of sp³-hybridized carbons (Fsp3) is 0.389. The zero-order valence-electron chi connectivity index (χ0n) is 14.9. The molecule has 1 aromatic heterocycles. The van der Waals surface area contributed by atoms with Crippen LogP contribution in [0.1, 0.15) is 12.5 Å². The van der Waals surface area contributed by atoms with Crippen LogP contribution in [0.5, 0.6) is 0 Å². The van der Waals surface area contributed by atoms with Gasteiger partial charge in [0.25, 0.3) is 0 Å². The van der Waals surface area contributed by atoms with E-state index in [0.717, 1.165) is 24.7 Å². The van der Waals surface area contributed by atoms with Crippen molar-refractivity contribution >= 4 is 29.2 Å². The second kappa shape index (κ2) is 7.88. The maximum Gasteiger partial charge on any atom is 0.344 e. The second-order valence-corrected chi connectivity index (χ2v) is 6.83. The minimum Gasteiger partial charge on any atom is -0.320 e. The number of nitrogens with zero attached hydrogens (tertiary/aromatic N) is 5. The summed E-state index contributed by atoms with van der Waals surface area (Å²) in [5.74, 6) is -0.105. The molecule has 0 radical (unpaired) electrons. The Balaban J connectivity index is 1.56. The van der Waals surface area contributed by atoms with E-state index >= 15 is 0 Å². The summed E-state index contributed by atoms with van der Waals surface area (Å²) in [5.41, 5.74) is 1.77. The van der Waals surface area contributed by atoms with Gasteiger partial charge in [0.1, 0.15) is 0 Å². The van der Waals surface area contributed by atoms with Crippen LogP contribution >= 0.6 is 11.6 Å². The van der Waals surface area contributed by atoms with E-state index in [1.807, 2.05) is 18.2 Å². The van der Waals surface area contributed by atoms with Gasteiger partial charge in [0, 0.05) is 51.7 Å². The second-order valence-electron chi connectivity index (χ2n) is 6.40. The van der Waals surface area contributed by atoms with Gasteiger partial charge in [0.2, 0.25) is 5.91 Å². The van der Waals surface area contributed by atoms with Crippen LogP contribution < -0.4 is 4.90 Å². The summed E-state index contributed by atoms with van der Waals surface area (Å²) in [6, 6.07) is 7.67. The third-order valence-corrected chi connectivity index (χ3v) is 4.80. The number of piperazine rings is 1. The molecule has 1 saturated heterocycles. The number of hydrogen-bond acceptors (Lipinski definition) is 4. The van der Waals surface area contributed by atoms with E-state index in [-0.39, 0.29) is 11.9 Å². The lowest BCUT2D eigenvalue weighted by molar-refractivity contribution is -0.116. The monoisotopic (exact) mass is 375 g/mol. The average molecular weight is 376 g/mol. The maximum atomic E-state index is 12.6. The number of halogens is 1. The molecule has 0 unspecified atom stereocenters. The predicted molar refractivity (Wildman–Crippen MR) is 100 cm³/mol. The topological polar surface area (TPSA) is 61.7 Å². The highest BCUT2D eigenvalue weighted by Crippen LogP contribution is 2.15. The Kier molecular flexibility index (Phi) is 5.58. The molecule has 0 atom stereocenters. The van der Waals surface area contributed by atoms with Crippen LogP contribution in [0.4, 0.5) is 10.5 Å². The molecule has 1 fully saturated rings. The standard InChI is InChI=1S/C18H22ClN5O2/c1-14(25)21(2)17-11-20-24(13-17)18(26)23-8-6-22(7-9-23)12-15-4-3-5-16(19)10-15/h3-5,10-11,13H,6-9,12H2,1-2H3. The molecule has 1 aliphatic rings. The zero-order valence-corrected chi connectivity index (χ0v) is 15.7. The molecule has 138 valence electrons. The van der Waals surface area contributed by atoms with Crippen molar-refractivity contribution in [2.45, 2.75) is 13.5 Å². The van der Waals surface area contributed by atoms with Crippen molar-refractivity contribution in [1.82, 2.24) is 19.6 Å². The Bertz CT molecular complexity index is 798. The van der Waals surface area contributed by atoms with Gasteiger partial charge < -0.3 is 9.80 Å². The van der Waals surface area contributed by atoms with Crippen molar-refractivity contribution in [3.8, 4) is 0 Å². The fourth-order valence-corrected chi connectivity index (χ4v) is 3.12. The number of rotatable bonds is 3. The summed E-state index contributed by atoms with van der Waals surface area (Å²) in [4.78, 5) is 29.5. The van der Waals surface area contributed by atoms with Gasteiger partial charge in [-0.05, 0) is 17.7 Å². The Labute approximate surface area is 157 Å². The Morgan fingerprint density at radius 1 is 1.23 bits per heavy atom. The number of carbonyl (C=O) groups excluding carboxylic acids is 2. The first kappa shape index (κ1) is 18.4. The molecular formula is C18H22ClN5O2. The first-order valence-corrected chi connectivity index (χ1v) is 8.87.